The molecule has 1 atom stereocenters. The molecule has 1 heterocycles. The quantitative estimate of drug-likeness (QED) is 0.648. The summed E-state index contributed by atoms with van der Waals surface area (Å²) in [7, 11) is -0.966. The zero-order valence-corrected chi connectivity index (χ0v) is 17.9. The molecule has 0 spiro atoms. The fourth-order valence-electron chi connectivity index (χ4n) is 2.96. The van der Waals surface area contributed by atoms with Crippen molar-refractivity contribution in [2.45, 2.75) is 24.8 Å². The van der Waals surface area contributed by atoms with Crippen molar-refractivity contribution in [3.05, 3.63) is 53.4 Å². The maximum Gasteiger partial charge on any atom is 0.268 e. The summed E-state index contributed by atoms with van der Waals surface area (Å²) >= 11 is 0. The van der Waals surface area contributed by atoms with Gasteiger partial charge in [0.2, 0.25) is 15.9 Å². The van der Waals surface area contributed by atoms with Crippen LogP contribution in [0.5, 0.6) is 0 Å². The van der Waals surface area contributed by atoms with E-state index in [9.17, 15) is 26.8 Å². The third-order valence-electron chi connectivity index (χ3n) is 4.62. The smallest absolute Gasteiger partial charge is 0.268 e. The Morgan fingerprint density at radius 2 is 1.77 bits per heavy atom. The van der Waals surface area contributed by atoms with Crippen LogP contribution < -0.4 is 10.6 Å². The second kappa shape index (κ2) is 9.35. The van der Waals surface area contributed by atoms with Crippen molar-refractivity contribution < 1.29 is 26.8 Å². The van der Waals surface area contributed by atoms with E-state index in [2.05, 4.69) is 10.6 Å². The highest BCUT2D eigenvalue weighted by Gasteiger charge is 2.28. The molecule has 1 aromatic heterocycles. The van der Waals surface area contributed by atoms with E-state index in [0.717, 1.165) is 12.1 Å². The Morgan fingerprint density at radius 3 is 2.30 bits per heavy atom. The van der Waals surface area contributed by atoms with Gasteiger partial charge in [0.05, 0.1) is 0 Å². The molecule has 0 saturated carbocycles. The molecule has 1 unspecified atom stereocenters. The van der Waals surface area contributed by atoms with Gasteiger partial charge in [0.1, 0.15) is 16.6 Å². The minimum absolute atomic E-state index is 0.0165. The van der Waals surface area contributed by atoms with E-state index in [1.165, 1.54) is 41.3 Å². The number of nitrogens with one attached hydrogen (secondary N) is 2. The summed E-state index contributed by atoms with van der Waals surface area (Å²) in [5.41, 5.74) is 0.0176. The SMILES string of the molecule is CCN(CC)S(=O)(=O)c1cc(C(=O)NC(C(=O)NC)c2ccc(F)c(F)c2)n(C)c1. The number of halogens is 2. The molecule has 2 rings (SSSR count). The molecule has 0 aliphatic rings. The van der Waals surface area contributed by atoms with Crippen LogP contribution in [-0.4, -0.2) is 49.2 Å². The third-order valence-corrected chi connectivity index (χ3v) is 6.63. The first-order valence-electron chi connectivity index (χ1n) is 9.20. The summed E-state index contributed by atoms with van der Waals surface area (Å²) in [4.78, 5) is 25.0. The number of hydrogen-bond acceptors (Lipinski definition) is 4. The van der Waals surface area contributed by atoms with Crippen molar-refractivity contribution in [2.75, 3.05) is 20.1 Å². The van der Waals surface area contributed by atoms with Crippen molar-refractivity contribution in [3.63, 3.8) is 0 Å². The summed E-state index contributed by atoms with van der Waals surface area (Å²) < 4.78 is 54.8. The number of aromatic nitrogens is 1. The zero-order chi connectivity index (χ0) is 22.6. The van der Waals surface area contributed by atoms with Crippen LogP contribution in [0, 0.1) is 11.6 Å². The van der Waals surface area contributed by atoms with Crippen LogP contribution in [0.15, 0.2) is 35.4 Å². The van der Waals surface area contributed by atoms with Gasteiger partial charge in [0.25, 0.3) is 5.91 Å². The first kappa shape index (κ1) is 23.5. The molecule has 11 heteroatoms. The Morgan fingerprint density at radius 1 is 1.13 bits per heavy atom. The highest BCUT2D eigenvalue weighted by molar-refractivity contribution is 7.89. The summed E-state index contributed by atoms with van der Waals surface area (Å²) in [5, 5.41) is 4.79. The lowest BCUT2D eigenvalue weighted by atomic mass is 10.1. The number of hydrogen-bond donors (Lipinski definition) is 2. The van der Waals surface area contributed by atoms with Gasteiger partial charge in [-0.2, -0.15) is 4.31 Å². The van der Waals surface area contributed by atoms with E-state index in [1.807, 2.05) is 0 Å². The number of carbonyl (C=O) groups is 2. The number of carbonyl (C=O) groups excluding carboxylic acids is 2. The molecular weight excluding hydrogens is 418 g/mol. The first-order chi connectivity index (χ1) is 14.1. The molecule has 0 aliphatic carbocycles. The Balaban J connectivity index is 2.38. The lowest BCUT2D eigenvalue weighted by molar-refractivity contribution is -0.122. The molecule has 2 N–H and O–H groups in total. The van der Waals surface area contributed by atoms with Crippen molar-refractivity contribution in [2.24, 2.45) is 7.05 Å². The lowest BCUT2D eigenvalue weighted by Crippen LogP contribution is -2.39. The largest absolute Gasteiger partial charge is 0.357 e. The van der Waals surface area contributed by atoms with E-state index in [0.29, 0.717) is 0 Å². The van der Waals surface area contributed by atoms with E-state index in [-0.39, 0.29) is 29.2 Å². The minimum atomic E-state index is -3.79. The number of rotatable bonds is 8. The van der Waals surface area contributed by atoms with Crippen molar-refractivity contribution in [1.29, 1.82) is 0 Å². The van der Waals surface area contributed by atoms with Crippen LogP contribution in [0.3, 0.4) is 0 Å². The standard InChI is InChI=1S/C19H24F2N4O4S/c1-5-25(6-2)30(28,29)13-10-16(24(4)11-13)18(26)23-17(19(27)22-3)12-7-8-14(20)15(21)9-12/h7-11,17H,5-6H2,1-4H3,(H,22,27)(H,23,26). The summed E-state index contributed by atoms with van der Waals surface area (Å²) in [6, 6.07) is 2.74. The molecule has 1 aromatic carbocycles. The van der Waals surface area contributed by atoms with Gasteiger partial charge in [0.15, 0.2) is 11.6 Å². The molecule has 2 aromatic rings. The van der Waals surface area contributed by atoms with Gasteiger partial charge in [-0.3, -0.25) is 9.59 Å². The topological polar surface area (TPSA) is 101 Å². The Kier molecular flexibility index (Phi) is 7.32. The second-order valence-corrected chi connectivity index (χ2v) is 8.39. The minimum Gasteiger partial charge on any atom is -0.357 e. The average Bonchev–Trinajstić information content (AvgIpc) is 3.11. The van der Waals surface area contributed by atoms with Crippen LogP contribution >= 0.6 is 0 Å². The predicted molar refractivity (Wildman–Crippen MR) is 106 cm³/mol. The molecule has 30 heavy (non-hydrogen) atoms. The van der Waals surface area contributed by atoms with Crippen molar-refractivity contribution in [3.8, 4) is 0 Å². The second-order valence-electron chi connectivity index (χ2n) is 6.46. The van der Waals surface area contributed by atoms with Crippen molar-refractivity contribution >= 4 is 21.8 Å². The van der Waals surface area contributed by atoms with Crippen LogP contribution in [0.1, 0.15) is 35.9 Å². The van der Waals surface area contributed by atoms with E-state index in [4.69, 9.17) is 0 Å². The maximum absolute atomic E-state index is 13.6. The molecule has 0 bridgehead atoms. The number of likely N-dealkylation sites (N-methyl/N-ethyl adjacent to an activating group) is 1. The average molecular weight is 442 g/mol. The molecule has 2 amide bonds. The van der Waals surface area contributed by atoms with Crippen LogP contribution in [0.4, 0.5) is 8.78 Å². The molecule has 164 valence electrons. The van der Waals surface area contributed by atoms with Gasteiger partial charge in [0, 0.05) is 33.4 Å². The van der Waals surface area contributed by atoms with Gasteiger partial charge in [-0.15, -0.1) is 0 Å². The molecular formula is C19H24F2N4O4S. The summed E-state index contributed by atoms with van der Waals surface area (Å²) in [6.45, 7) is 3.94. The highest BCUT2D eigenvalue weighted by atomic mass is 32.2. The number of aryl methyl sites for hydroxylation is 1. The number of nitrogens with zero attached hydrogens (tertiary/aromatic N) is 2. The van der Waals surface area contributed by atoms with Crippen LogP contribution in [0.2, 0.25) is 0 Å². The Hall–Kier alpha value is -2.79. The monoisotopic (exact) mass is 442 g/mol. The third kappa shape index (κ3) is 4.68. The highest BCUT2D eigenvalue weighted by Crippen LogP contribution is 2.21. The van der Waals surface area contributed by atoms with E-state index in [1.54, 1.807) is 13.8 Å². The van der Waals surface area contributed by atoms with E-state index >= 15 is 0 Å². The van der Waals surface area contributed by atoms with Crippen LogP contribution in [0.25, 0.3) is 0 Å². The number of amides is 2. The van der Waals surface area contributed by atoms with Crippen molar-refractivity contribution in [1.82, 2.24) is 19.5 Å². The van der Waals surface area contributed by atoms with Gasteiger partial charge < -0.3 is 15.2 Å². The van der Waals surface area contributed by atoms with Gasteiger partial charge >= 0.3 is 0 Å². The lowest BCUT2D eigenvalue weighted by Gasteiger charge is -2.18. The van der Waals surface area contributed by atoms with Gasteiger partial charge in [-0.25, -0.2) is 17.2 Å². The Labute approximate surface area is 173 Å². The fraction of sp³-hybridized carbons (Fsp3) is 0.368. The van der Waals surface area contributed by atoms with Crippen LogP contribution in [-0.2, 0) is 21.9 Å². The molecule has 0 radical (unpaired) electrons. The van der Waals surface area contributed by atoms with Gasteiger partial charge in [-0.05, 0) is 23.8 Å². The Bertz CT molecular complexity index is 1050. The zero-order valence-electron chi connectivity index (χ0n) is 17.1. The van der Waals surface area contributed by atoms with Gasteiger partial charge in [-0.1, -0.05) is 19.9 Å². The number of benzene rings is 1. The summed E-state index contributed by atoms with van der Waals surface area (Å²) in [6.07, 6.45) is 1.30. The molecule has 0 fully saturated rings. The first-order valence-corrected chi connectivity index (χ1v) is 10.6. The maximum atomic E-state index is 13.6. The van der Waals surface area contributed by atoms with E-state index < -0.39 is 39.5 Å². The summed E-state index contributed by atoms with van der Waals surface area (Å²) in [5.74, 6) is -3.66. The normalized spacial score (nSPS) is 12.6. The molecule has 0 aliphatic heterocycles. The predicted octanol–water partition coefficient (Wildman–Crippen LogP) is 1.55. The number of sulfonamides is 1. The molecule has 0 saturated heterocycles. The molecule has 8 nitrogen and oxygen atoms in total. The fourth-order valence-corrected chi connectivity index (χ4v) is 4.49.